The lowest BCUT2D eigenvalue weighted by Gasteiger charge is -2.01. The third-order valence-corrected chi connectivity index (χ3v) is 4.92. The fourth-order valence-corrected chi connectivity index (χ4v) is 3.50. The highest BCUT2D eigenvalue weighted by Crippen LogP contribution is 2.30. The van der Waals surface area contributed by atoms with Crippen LogP contribution in [0.15, 0.2) is 73.3 Å². The number of pyridine rings is 4. The SMILES string of the molecule is c1ccc(-c2ccnc3nc(-c4n[nH]c5ccc(-c6cccnc6)nc45)[nH]c23)nc1. The predicted octanol–water partition coefficient (Wildman–Crippen LogP) is 4.02. The van der Waals surface area contributed by atoms with Crippen LogP contribution in [-0.4, -0.2) is 40.1 Å². The van der Waals surface area contributed by atoms with Gasteiger partial charge in [0.25, 0.3) is 0 Å². The number of hydrogen-bond acceptors (Lipinski definition) is 6. The van der Waals surface area contributed by atoms with Crippen molar-refractivity contribution in [3.05, 3.63) is 73.3 Å². The molecule has 6 aromatic heterocycles. The Labute approximate surface area is 170 Å². The summed E-state index contributed by atoms with van der Waals surface area (Å²) in [6.45, 7) is 0. The Morgan fingerprint density at radius 2 is 1.77 bits per heavy atom. The average Bonchev–Trinajstić information content (AvgIpc) is 3.43. The first-order chi connectivity index (χ1) is 14.9. The quantitative estimate of drug-likeness (QED) is 0.472. The average molecular weight is 390 g/mol. The molecule has 0 atom stereocenters. The summed E-state index contributed by atoms with van der Waals surface area (Å²) in [7, 11) is 0. The lowest BCUT2D eigenvalue weighted by molar-refractivity contribution is 1.10. The second-order valence-corrected chi connectivity index (χ2v) is 6.76. The van der Waals surface area contributed by atoms with Crippen molar-refractivity contribution >= 4 is 22.2 Å². The van der Waals surface area contributed by atoms with Crippen molar-refractivity contribution in [1.82, 2.24) is 40.1 Å². The minimum Gasteiger partial charge on any atom is -0.335 e. The first-order valence-electron chi connectivity index (χ1n) is 9.39. The van der Waals surface area contributed by atoms with Crippen LogP contribution in [-0.2, 0) is 0 Å². The summed E-state index contributed by atoms with van der Waals surface area (Å²) in [6.07, 6.45) is 7.03. The number of fused-ring (bicyclic) bond motifs is 2. The third kappa shape index (κ3) is 2.62. The van der Waals surface area contributed by atoms with Crippen molar-refractivity contribution in [3.63, 3.8) is 0 Å². The van der Waals surface area contributed by atoms with Gasteiger partial charge in [-0.05, 0) is 42.5 Å². The lowest BCUT2D eigenvalue weighted by atomic mass is 10.1. The summed E-state index contributed by atoms with van der Waals surface area (Å²) in [6, 6.07) is 15.5. The van der Waals surface area contributed by atoms with Gasteiger partial charge in [0.1, 0.15) is 5.52 Å². The van der Waals surface area contributed by atoms with Crippen LogP contribution in [0.1, 0.15) is 0 Å². The van der Waals surface area contributed by atoms with Crippen LogP contribution in [0.25, 0.3) is 56.2 Å². The van der Waals surface area contributed by atoms with E-state index < -0.39 is 0 Å². The van der Waals surface area contributed by atoms with Crippen LogP contribution in [0.5, 0.6) is 0 Å². The molecule has 30 heavy (non-hydrogen) atoms. The van der Waals surface area contributed by atoms with E-state index in [1.165, 1.54) is 0 Å². The van der Waals surface area contributed by atoms with E-state index in [4.69, 9.17) is 4.98 Å². The number of H-pyrrole nitrogens is 2. The highest BCUT2D eigenvalue weighted by Gasteiger charge is 2.17. The molecule has 8 nitrogen and oxygen atoms in total. The van der Waals surface area contributed by atoms with Gasteiger partial charge in [-0.1, -0.05) is 6.07 Å². The molecule has 0 spiro atoms. The van der Waals surface area contributed by atoms with E-state index in [-0.39, 0.29) is 0 Å². The topological polar surface area (TPSA) is 109 Å². The van der Waals surface area contributed by atoms with Crippen molar-refractivity contribution in [2.75, 3.05) is 0 Å². The Morgan fingerprint density at radius 1 is 0.767 bits per heavy atom. The van der Waals surface area contributed by atoms with Gasteiger partial charge >= 0.3 is 0 Å². The second kappa shape index (κ2) is 6.56. The molecule has 0 aliphatic heterocycles. The Morgan fingerprint density at radius 3 is 2.63 bits per heavy atom. The van der Waals surface area contributed by atoms with Crippen molar-refractivity contribution in [2.24, 2.45) is 0 Å². The minimum absolute atomic E-state index is 0.600. The van der Waals surface area contributed by atoms with Crippen molar-refractivity contribution in [3.8, 4) is 34.0 Å². The summed E-state index contributed by atoms with van der Waals surface area (Å²) in [5.74, 6) is 0.600. The zero-order valence-corrected chi connectivity index (χ0v) is 15.6. The van der Waals surface area contributed by atoms with Gasteiger partial charge in [-0.2, -0.15) is 5.10 Å². The maximum Gasteiger partial charge on any atom is 0.178 e. The summed E-state index contributed by atoms with van der Waals surface area (Å²) in [4.78, 5) is 25.9. The molecule has 6 rings (SSSR count). The van der Waals surface area contributed by atoms with Crippen LogP contribution in [0, 0.1) is 0 Å². The molecule has 8 heteroatoms. The number of aromatic nitrogens is 8. The van der Waals surface area contributed by atoms with Gasteiger partial charge < -0.3 is 4.98 Å². The normalized spacial score (nSPS) is 11.3. The van der Waals surface area contributed by atoms with Crippen LogP contribution < -0.4 is 0 Å². The summed E-state index contributed by atoms with van der Waals surface area (Å²) >= 11 is 0. The molecule has 0 radical (unpaired) electrons. The fraction of sp³-hybridized carbons (Fsp3) is 0. The number of hydrogen-bond donors (Lipinski definition) is 2. The van der Waals surface area contributed by atoms with E-state index >= 15 is 0 Å². The predicted molar refractivity (Wildman–Crippen MR) is 113 cm³/mol. The second-order valence-electron chi connectivity index (χ2n) is 6.76. The van der Waals surface area contributed by atoms with Crippen LogP contribution >= 0.6 is 0 Å². The zero-order valence-electron chi connectivity index (χ0n) is 15.6. The molecule has 0 aliphatic carbocycles. The maximum atomic E-state index is 4.81. The highest BCUT2D eigenvalue weighted by molar-refractivity contribution is 5.94. The molecule has 2 N–H and O–H groups in total. The molecular formula is C22H14N8. The van der Waals surface area contributed by atoms with Crippen molar-refractivity contribution < 1.29 is 0 Å². The molecule has 0 saturated carbocycles. The number of nitrogens with zero attached hydrogens (tertiary/aromatic N) is 6. The maximum absolute atomic E-state index is 4.81. The van der Waals surface area contributed by atoms with E-state index in [1.54, 1.807) is 24.8 Å². The van der Waals surface area contributed by atoms with E-state index in [0.717, 1.165) is 39.1 Å². The van der Waals surface area contributed by atoms with Crippen LogP contribution in [0.4, 0.5) is 0 Å². The number of nitrogens with one attached hydrogen (secondary N) is 2. The highest BCUT2D eigenvalue weighted by atomic mass is 15.2. The van der Waals surface area contributed by atoms with Gasteiger partial charge in [0.05, 0.1) is 22.4 Å². The number of imidazole rings is 1. The van der Waals surface area contributed by atoms with Crippen molar-refractivity contribution in [1.29, 1.82) is 0 Å². The molecule has 0 fully saturated rings. The van der Waals surface area contributed by atoms with Gasteiger partial charge in [-0.25, -0.2) is 15.0 Å². The molecule has 0 aliphatic rings. The zero-order chi connectivity index (χ0) is 19.9. The van der Waals surface area contributed by atoms with Crippen LogP contribution in [0.2, 0.25) is 0 Å². The Hall–Kier alpha value is -4.46. The Balaban J connectivity index is 1.52. The monoisotopic (exact) mass is 390 g/mol. The first-order valence-corrected chi connectivity index (χ1v) is 9.39. The molecule has 0 saturated heterocycles. The molecule has 0 amide bonds. The smallest absolute Gasteiger partial charge is 0.178 e. The Kier molecular flexibility index (Phi) is 3.60. The molecule has 0 aromatic carbocycles. The van der Waals surface area contributed by atoms with Gasteiger partial charge in [-0.15, -0.1) is 0 Å². The number of rotatable bonds is 3. The standard InChI is InChI=1S/C22H14N8/c1-2-10-24-16(5-1)14-8-11-25-21-18(14)27-22(28-21)20-19-17(29-30-20)7-6-15(26-19)13-4-3-9-23-12-13/h1-12H,(H,29,30)(H,25,27,28). The molecule has 0 unspecified atom stereocenters. The molecule has 142 valence electrons. The van der Waals surface area contributed by atoms with E-state index in [1.807, 2.05) is 48.5 Å². The van der Waals surface area contributed by atoms with E-state index in [0.29, 0.717) is 17.2 Å². The molecule has 6 aromatic rings. The summed E-state index contributed by atoms with van der Waals surface area (Å²) < 4.78 is 0. The van der Waals surface area contributed by atoms with E-state index in [9.17, 15) is 0 Å². The lowest BCUT2D eigenvalue weighted by Crippen LogP contribution is -1.87. The number of aromatic amines is 2. The summed E-state index contributed by atoms with van der Waals surface area (Å²) in [5, 5.41) is 7.49. The van der Waals surface area contributed by atoms with E-state index in [2.05, 4.69) is 35.1 Å². The summed E-state index contributed by atoms with van der Waals surface area (Å²) in [5.41, 5.74) is 7.16. The third-order valence-electron chi connectivity index (χ3n) is 4.92. The van der Waals surface area contributed by atoms with Gasteiger partial charge in [-0.3, -0.25) is 15.1 Å². The van der Waals surface area contributed by atoms with Gasteiger partial charge in [0.2, 0.25) is 0 Å². The van der Waals surface area contributed by atoms with Crippen molar-refractivity contribution in [2.45, 2.75) is 0 Å². The first kappa shape index (κ1) is 16.5. The minimum atomic E-state index is 0.600. The molecule has 0 bridgehead atoms. The fourth-order valence-electron chi connectivity index (χ4n) is 3.50. The van der Waals surface area contributed by atoms with Crippen LogP contribution in [0.3, 0.4) is 0 Å². The van der Waals surface area contributed by atoms with Gasteiger partial charge in [0.15, 0.2) is 17.2 Å². The molecular weight excluding hydrogens is 376 g/mol. The molecule has 6 heterocycles. The van der Waals surface area contributed by atoms with Gasteiger partial charge in [0, 0.05) is 35.9 Å². The largest absolute Gasteiger partial charge is 0.335 e. The Bertz CT molecular complexity index is 1490.